The summed E-state index contributed by atoms with van der Waals surface area (Å²) in [6, 6.07) is 6.40. The van der Waals surface area contributed by atoms with E-state index in [2.05, 4.69) is 4.98 Å². The number of aromatic nitrogens is 2. The van der Waals surface area contributed by atoms with Crippen LogP contribution < -0.4 is 15.4 Å². The minimum Gasteiger partial charge on any atom is -0.548 e. The van der Waals surface area contributed by atoms with Crippen LogP contribution in [0.25, 0.3) is 21.3 Å². The van der Waals surface area contributed by atoms with E-state index in [-0.39, 0.29) is 12.0 Å². The Morgan fingerprint density at radius 1 is 1.32 bits per heavy atom. The topological polar surface area (TPSA) is 84.2 Å². The average Bonchev–Trinajstić information content (AvgIpc) is 3.03. The Balaban J connectivity index is 2.14. The molecule has 2 heterocycles. The smallest absolute Gasteiger partial charge is 0.263 e. The van der Waals surface area contributed by atoms with Crippen LogP contribution in [0.5, 0.6) is 5.75 Å². The highest BCUT2D eigenvalue weighted by molar-refractivity contribution is 7.17. The number of hydrogen-bond acceptors (Lipinski definition) is 6. The quantitative estimate of drug-likeness (QED) is 0.675. The third-order valence-electron chi connectivity index (χ3n) is 3.99. The molecule has 1 atom stereocenters. The van der Waals surface area contributed by atoms with Crippen molar-refractivity contribution in [1.82, 2.24) is 9.55 Å². The normalized spacial score (nSPS) is 12.2. The van der Waals surface area contributed by atoms with Crippen LogP contribution in [-0.4, -0.2) is 22.1 Å². The second kappa shape index (κ2) is 7.06. The number of hydrogen-bond donors (Lipinski definition) is 0. The van der Waals surface area contributed by atoms with Crippen LogP contribution in [0.3, 0.4) is 0 Å². The number of carboxylic acids is 1. The number of benzene rings is 1. The fourth-order valence-electron chi connectivity index (χ4n) is 2.75. The first kappa shape index (κ1) is 17.2. The van der Waals surface area contributed by atoms with Gasteiger partial charge in [-0.05, 0) is 31.0 Å². The Hall–Kier alpha value is -2.67. The van der Waals surface area contributed by atoms with Crippen molar-refractivity contribution in [2.75, 3.05) is 6.61 Å². The first-order valence-corrected chi connectivity index (χ1v) is 8.87. The molecule has 0 aliphatic rings. The Morgan fingerprint density at radius 3 is 2.64 bits per heavy atom. The van der Waals surface area contributed by atoms with Crippen molar-refractivity contribution in [1.29, 1.82) is 0 Å². The van der Waals surface area contributed by atoms with E-state index in [0.717, 1.165) is 21.4 Å². The molecule has 0 amide bonds. The van der Waals surface area contributed by atoms with Gasteiger partial charge in [0.05, 0.1) is 30.3 Å². The maximum atomic E-state index is 12.9. The van der Waals surface area contributed by atoms with Crippen LogP contribution in [0.4, 0.5) is 0 Å². The molecule has 0 bridgehead atoms. The van der Waals surface area contributed by atoms with Crippen LogP contribution in [0.15, 0.2) is 40.8 Å². The van der Waals surface area contributed by atoms with E-state index in [4.69, 9.17) is 4.74 Å². The molecule has 3 rings (SSSR count). The zero-order valence-corrected chi connectivity index (χ0v) is 14.7. The minimum absolute atomic E-state index is 0.248. The molecular weight excluding hydrogens is 340 g/mol. The lowest BCUT2D eigenvalue weighted by molar-refractivity contribution is -0.310. The molecule has 7 heteroatoms. The number of carbonyl (C=O) groups excluding carboxylic acids is 1. The number of ether oxygens (including phenoxy) is 1. The monoisotopic (exact) mass is 357 g/mol. The van der Waals surface area contributed by atoms with Crippen LogP contribution in [0.1, 0.15) is 26.3 Å². The van der Waals surface area contributed by atoms with Crippen LogP contribution >= 0.6 is 11.3 Å². The SMILES string of the molecule is CCOc1ccc(-c2csc3ncn(C(CC)C(=O)[O-])c(=O)c23)cc1. The fourth-order valence-corrected chi connectivity index (χ4v) is 3.66. The van der Waals surface area contributed by atoms with Gasteiger partial charge < -0.3 is 14.6 Å². The van der Waals surface area contributed by atoms with Gasteiger partial charge in [-0.1, -0.05) is 19.1 Å². The van der Waals surface area contributed by atoms with Crippen molar-refractivity contribution in [3.8, 4) is 16.9 Å². The molecule has 130 valence electrons. The van der Waals surface area contributed by atoms with Crippen molar-refractivity contribution in [3.63, 3.8) is 0 Å². The maximum absolute atomic E-state index is 12.9. The van der Waals surface area contributed by atoms with Gasteiger partial charge in [-0.2, -0.15) is 0 Å². The van der Waals surface area contributed by atoms with Crippen molar-refractivity contribution >= 4 is 27.5 Å². The number of nitrogens with zero attached hydrogens (tertiary/aromatic N) is 2. The second-order valence-corrected chi connectivity index (χ2v) is 6.35. The summed E-state index contributed by atoms with van der Waals surface area (Å²) in [6.07, 6.45) is 1.53. The molecular formula is C18H17N2O4S-. The summed E-state index contributed by atoms with van der Waals surface area (Å²) in [5.41, 5.74) is 1.22. The van der Waals surface area contributed by atoms with Gasteiger partial charge in [0.25, 0.3) is 5.56 Å². The van der Waals surface area contributed by atoms with E-state index in [1.165, 1.54) is 17.7 Å². The highest BCUT2D eigenvalue weighted by atomic mass is 32.1. The number of rotatable bonds is 6. The van der Waals surface area contributed by atoms with E-state index in [9.17, 15) is 14.7 Å². The lowest BCUT2D eigenvalue weighted by Crippen LogP contribution is -2.37. The second-order valence-electron chi connectivity index (χ2n) is 5.49. The van der Waals surface area contributed by atoms with E-state index in [0.29, 0.717) is 16.8 Å². The molecule has 25 heavy (non-hydrogen) atoms. The van der Waals surface area contributed by atoms with Crippen molar-refractivity contribution in [2.45, 2.75) is 26.3 Å². The number of aliphatic carboxylic acids is 1. The third kappa shape index (κ3) is 3.15. The molecule has 2 aromatic heterocycles. The summed E-state index contributed by atoms with van der Waals surface area (Å²) in [4.78, 5) is 29.0. The molecule has 0 aliphatic heterocycles. The van der Waals surface area contributed by atoms with Crippen molar-refractivity contribution in [3.05, 3.63) is 46.3 Å². The fraction of sp³-hybridized carbons (Fsp3) is 0.278. The lowest BCUT2D eigenvalue weighted by atomic mass is 10.1. The van der Waals surface area contributed by atoms with E-state index in [1.54, 1.807) is 6.92 Å². The van der Waals surface area contributed by atoms with Gasteiger partial charge in [0.1, 0.15) is 10.6 Å². The van der Waals surface area contributed by atoms with Gasteiger partial charge in [0.15, 0.2) is 0 Å². The first-order valence-electron chi connectivity index (χ1n) is 7.99. The zero-order valence-electron chi connectivity index (χ0n) is 13.9. The number of thiophene rings is 1. The van der Waals surface area contributed by atoms with Crippen molar-refractivity contribution < 1.29 is 14.6 Å². The van der Waals surface area contributed by atoms with E-state index < -0.39 is 12.0 Å². The zero-order chi connectivity index (χ0) is 18.0. The molecule has 0 radical (unpaired) electrons. The van der Waals surface area contributed by atoms with Gasteiger partial charge in [-0.15, -0.1) is 11.3 Å². The summed E-state index contributed by atoms with van der Waals surface area (Å²) in [5.74, 6) is -0.534. The Labute approximate surface area is 148 Å². The predicted octanol–water partition coefficient (Wildman–Crippen LogP) is 2.22. The van der Waals surface area contributed by atoms with E-state index in [1.807, 2.05) is 36.6 Å². The lowest BCUT2D eigenvalue weighted by Gasteiger charge is -2.18. The summed E-state index contributed by atoms with van der Waals surface area (Å²) in [6.45, 7) is 4.19. The first-order chi connectivity index (χ1) is 12.1. The molecule has 1 unspecified atom stereocenters. The van der Waals surface area contributed by atoms with Crippen LogP contribution in [0, 0.1) is 0 Å². The number of fused-ring (bicyclic) bond motifs is 1. The molecule has 0 N–H and O–H groups in total. The highest BCUT2D eigenvalue weighted by Gasteiger charge is 2.18. The number of carbonyl (C=O) groups is 1. The minimum atomic E-state index is -1.29. The molecule has 0 aliphatic carbocycles. The standard InChI is InChI=1S/C18H18N2O4S/c1-3-14(18(22)23)20-10-19-16-15(17(20)21)13(9-25-16)11-5-7-12(8-6-11)24-4-2/h5-10,14H,3-4H2,1-2H3,(H,22,23)/p-1. The molecule has 0 saturated heterocycles. The summed E-state index contributed by atoms with van der Waals surface area (Å²) in [5, 5.41) is 13.6. The Bertz CT molecular complexity index is 959. The summed E-state index contributed by atoms with van der Waals surface area (Å²) < 4.78 is 6.57. The summed E-state index contributed by atoms with van der Waals surface area (Å²) >= 11 is 1.36. The number of carboxylic acid groups (broad SMARTS) is 1. The molecule has 0 spiro atoms. The maximum Gasteiger partial charge on any atom is 0.263 e. The van der Waals surface area contributed by atoms with Crippen LogP contribution in [0.2, 0.25) is 0 Å². The van der Waals surface area contributed by atoms with Gasteiger partial charge >= 0.3 is 0 Å². The van der Waals surface area contributed by atoms with Gasteiger partial charge in [-0.25, -0.2) is 4.98 Å². The predicted molar refractivity (Wildman–Crippen MR) is 94.8 cm³/mol. The van der Waals surface area contributed by atoms with Crippen molar-refractivity contribution in [2.24, 2.45) is 0 Å². The summed E-state index contributed by atoms with van der Waals surface area (Å²) in [7, 11) is 0. The molecule has 6 nitrogen and oxygen atoms in total. The molecule has 3 aromatic rings. The Kier molecular flexibility index (Phi) is 4.85. The molecule has 0 saturated carbocycles. The third-order valence-corrected chi connectivity index (χ3v) is 4.88. The highest BCUT2D eigenvalue weighted by Crippen LogP contribution is 2.32. The average molecular weight is 357 g/mol. The molecule has 0 fully saturated rings. The van der Waals surface area contributed by atoms with Gasteiger partial charge in [0.2, 0.25) is 0 Å². The Morgan fingerprint density at radius 2 is 2.04 bits per heavy atom. The van der Waals surface area contributed by atoms with Gasteiger partial charge in [0, 0.05) is 10.9 Å². The van der Waals surface area contributed by atoms with Crippen LogP contribution in [-0.2, 0) is 4.79 Å². The largest absolute Gasteiger partial charge is 0.548 e. The molecule has 1 aromatic carbocycles. The van der Waals surface area contributed by atoms with Gasteiger partial charge in [-0.3, -0.25) is 9.36 Å². The van der Waals surface area contributed by atoms with E-state index >= 15 is 0 Å².